The van der Waals surface area contributed by atoms with E-state index in [1.54, 1.807) is 0 Å². The smallest absolute Gasteiger partial charge is 0.00204 e. The summed E-state index contributed by atoms with van der Waals surface area (Å²) >= 11 is 0. The zero-order valence-corrected chi connectivity index (χ0v) is 12.1. The molecule has 1 heteroatoms. The minimum absolute atomic E-state index is 0.505. The fraction of sp³-hybridized carbons (Fsp3) is 1.00. The average molecular weight is 239 g/mol. The van der Waals surface area contributed by atoms with Crippen molar-refractivity contribution < 1.29 is 0 Å². The lowest BCUT2D eigenvalue weighted by atomic mass is 9.72. The van der Waals surface area contributed by atoms with Crippen LogP contribution in [-0.2, 0) is 0 Å². The van der Waals surface area contributed by atoms with Gasteiger partial charge in [0.15, 0.2) is 0 Å². The van der Waals surface area contributed by atoms with Gasteiger partial charge in [-0.15, -0.1) is 0 Å². The Hall–Kier alpha value is -0.0400. The monoisotopic (exact) mass is 239 g/mol. The molecule has 0 aromatic carbocycles. The molecule has 1 unspecified atom stereocenters. The molecule has 1 aliphatic rings. The lowest BCUT2D eigenvalue weighted by Crippen LogP contribution is -2.32. The van der Waals surface area contributed by atoms with Gasteiger partial charge >= 0.3 is 0 Å². The number of nitrogens with two attached hydrogens (primary N) is 1. The van der Waals surface area contributed by atoms with E-state index in [2.05, 4.69) is 13.8 Å². The molecule has 1 fully saturated rings. The molecule has 0 aliphatic heterocycles. The molecule has 0 aromatic heterocycles. The van der Waals surface area contributed by atoms with Crippen molar-refractivity contribution in [1.29, 1.82) is 0 Å². The molecule has 0 saturated heterocycles. The van der Waals surface area contributed by atoms with Crippen LogP contribution >= 0.6 is 0 Å². The van der Waals surface area contributed by atoms with E-state index in [1.807, 2.05) is 0 Å². The molecule has 1 saturated carbocycles. The normalized spacial score (nSPS) is 22.1. The van der Waals surface area contributed by atoms with Gasteiger partial charge in [0.25, 0.3) is 0 Å². The van der Waals surface area contributed by atoms with Gasteiger partial charge < -0.3 is 5.73 Å². The van der Waals surface area contributed by atoms with E-state index in [0.717, 1.165) is 12.5 Å². The Balaban J connectivity index is 2.51. The van der Waals surface area contributed by atoms with Gasteiger partial charge in [0.05, 0.1) is 0 Å². The third-order valence-electron chi connectivity index (χ3n) is 4.86. The van der Waals surface area contributed by atoms with E-state index in [0.29, 0.717) is 5.41 Å². The molecule has 0 amide bonds. The van der Waals surface area contributed by atoms with Crippen LogP contribution in [0.2, 0.25) is 0 Å². The van der Waals surface area contributed by atoms with Crippen LogP contribution in [0.25, 0.3) is 0 Å². The van der Waals surface area contributed by atoms with Gasteiger partial charge in [0.2, 0.25) is 0 Å². The van der Waals surface area contributed by atoms with Gasteiger partial charge in [0, 0.05) is 0 Å². The standard InChI is InChI=1S/C16H33N/c1-3-5-10-15(4-2)13-16(14-17)11-8-6-7-9-12-16/h15H,3-14,17H2,1-2H3. The van der Waals surface area contributed by atoms with E-state index in [-0.39, 0.29) is 0 Å². The van der Waals surface area contributed by atoms with Crippen molar-refractivity contribution in [2.24, 2.45) is 17.1 Å². The van der Waals surface area contributed by atoms with Crippen LogP contribution in [0.3, 0.4) is 0 Å². The molecule has 1 aliphatic carbocycles. The minimum Gasteiger partial charge on any atom is -0.330 e. The molecule has 0 spiro atoms. The van der Waals surface area contributed by atoms with Gasteiger partial charge in [-0.1, -0.05) is 65.2 Å². The van der Waals surface area contributed by atoms with Gasteiger partial charge in [-0.25, -0.2) is 0 Å². The van der Waals surface area contributed by atoms with Gasteiger partial charge in [0.1, 0.15) is 0 Å². The summed E-state index contributed by atoms with van der Waals surface area (Å²) in [5.74, 6) is 0.927. The van der Waals surface area contributed by atoms with E-state index < -0.39 is 0 Å². The van der Waals surface area contributed by atoms with Gasteiger partial charge in [-0.05, 0) is 37.1 Å². The first kappa shape index (κ1) is 15.0. The molecule has 0 radical (unpaired) electrons. The van der Waals surface area contributed by atoms with Crippen molar-refractivity contribution in [3.63, 3.8) is 0 Å². The number of unbranched alkanes of at least 4 members (excludes halogenated alkanes) is 1. The third-order valence-corrected chi connectivity index (χ3v) is 4.86. The molecule has 0 bridgehead atoms. The first-order chi connectivity index (χ1) is 8.26. The third kappa shape index (κ3) is 4.99. The van der Waals surface area contributed by atoms with Crippen molar-refractivity contribution in [2.45, 2.75) is 84.5 Å². The number of rotatable bonds is 7. The second-order valence-electron chi connectivity index (χ2n) is 6.24. The predicted molar refractivity (Wildman–Crippen MR) is 77.1 cm³/mol. The molecular weight excluding hydrogens is 206 g/mol. The first-order valence-corrected chi connectivity index (χ1v) is 7.96. The maximum absolute atomic E-state index is 6.14. The fourth-order valence-corrected chi connectivity index (χ4v) is 3.53. The second kappa shape index (κ2) is 8.13. The van der Waals surface area contributed by atoms with Crippen LogP contribution in [0.15, 0.2) is 0 Å². The van der Waals surface area contributed by atoms with Crippen molar-refractivity contribution in [3.05, 3.63) is 0 Å². The minimum atomic E-state index is 0.505. The Morgan fingerprint density at radius 2 is 1.71 bits per heavy atom. The summed E-state index contributed by atoms with van der Waals surface area (Å²) in [7, 11) is 0. The molecule has 1 nitrogen and oxygen atoms in total. The Kier molecular flexibility index (Phi) is 7.18. The molecule has 17 heavy (non-hydrogen) atoms. The molecule has 0 aromatic rings. The van der Waals surface area contributed by atoms with Crippen LogP contribution in [0.1, 0.15) is 84.5 Å². The maximum Gasteiger partial charge on any atom is -0.00204 e. The Labute approximate surface area is 109 Å². The zero-order valence-electron chi connectivity index (χ0n) is 12.1. The largest absolute Gasteiger partial charge is 0.330 e. The van der Waals surface area contributed by atoms with Crippen LogP contribution in [0, 0.1) is 11.3 Å². The molecule has 1 rings (SSSR count). The van der Waals surface area contributed by atoms with Crippen LogP contribution in [0.5, 0.6) is 0 Å². The Morgan fingerprint density at radius 3 is 2.18 bits per heavy atom. The summed E-state index contributed by atoms with van der Waals surface area (Å²) < 4.78 is 0. The topological polar surface area (TPSA) is 26.0 Å². The maximum atomic E-state index is 6.14. The molecular formula is C16H33N. The number of hydrogen-bond donors (Lipinski definition) is 1. The van der Waals surface area contributed by atoms with Crippen LogP contribution in [-0.4, -0.2) is 6.54 Å². The van der Waals surface area contributed by atoms with E-state index in [4.69, 9.17) is 5.73 Å². The highest BCUT2D eigenvalue weighted by molar-refractivity contribution is 4.84. The van der Waals surface area contributed by atoms with Crippen LogP contribution in [0.4, 0.5) is 0 Å². The molecule has 2 N–H and O–H groups in total. The SMILES string of the molecule is CCCCC(CC)CC1(CN)CCCCCC1. The lowest BCUT2D eigenvalue weighted by molar-refractivity contribution is 0.180. The summed E-state index contributed by atoms with van der Waals surface area (Å²) in [4.78, 5) is 0. The molecule has 1 atom stereocenters. The predicted octanol–water partition coefficient (Wildman–Crippen LogP) is 4.89. The Bertz CT molecular complexity index is 180. The highest BCUT2D eigenvalue weighted by Gasteiger charge is 2.31. The average Bonchev–Trinajstić information content (AvgIpc) is 2.60. The highest BCUT2D eigenvalue weighted by Crippen LogP contribution is 2.41. The summed E-state index contributed by atoms with van der Waals surface area (Å²) in [6.07, 6.45) is 15.4. The van der Waals surface area contributed by atoms with Crippen molar-refractivity contribution in [2.75, 3.05) is 6.54 Å². The summed E-state index contributed by atoms with van der Waals surface area (Å²) in [6.45, 7) is 5.59. The van der Waals surface area contributed by atoms with Crippen molar-refractivity contribution >= 4 is 0 Å². The first-order valence-electron chi connectivity index (χ1n) is 7.96. The highest BCUT2D eigenvalue weighted by atomic mass is 14.6. The van der Waals surface area contributed by atoms with E-state index >= 15 is 0 Å². The van der Waals surface area contributed by atoms with E-state index in [9.17, 15) is 0 Å². The second-order valence-corrected chi connectivity index (χ2v) is 6.24. The quantitative estimate of drug-likeness (QED) is 0.629. The summed E-state index contributed by atoms with van der Waals surface area (Å²) in [5.41, 5.74) is 6.64. The van der Waals surface area contributed by atoms with Gasteiger partial charge in [-0.2, -0.15) is 0 Å². The molecule has 102 valence electrons. The van der Waals surface area contributed by atoms with Crippen molar-refractivity contribution in [3.8, 4) is 0 Å². The Morgan fingerprint density at radius 1 is 1.06 bits per heavy atom. The van der Waals surface area contributed by atoms with Crippen molar-refractivity contribution in [1.82, 2.24) is 0 Å². The fourth-order valence-electron chi connectivity index (χ4n) is 3.53. The summed E-state index contributed by atoms with van der Waals surface area (Å²) in [5, 5.41) is 0. The lowest BCUT2D eigenvalue weighted by Gasteiger charge is -2.35. The number of hydrogen-bond acceptors (Lipinski definition) is 1. The zero-order chi connectivity index (χ0) is 12.6. The summed E-state index contributed by atoms with van der Waals surface area (Å²) in [6, 6.07) is 0. The van der Waals surface area contributed by atoms with E-state index in [1.165, 1.54) is 70.6 Å². The molecule has 0 heterocycles. The van der Waals surface area contributed by atoms with Crippen LogP contribution < -0.4 is 5.73 Å². The van der Waals surface area contributed by atoms with Gasteiger partial charge in [-0.3, -0.25) is 0 Å².